The van der Waals surface area contributed by atoms with Gasteiger partial charge in [0, 0.05) is 18.3 Å². The van der Waals surface area contributed by atoms with E-state index in [2.05, 4.69) is 16.0 Å². The number of piperidine rings is 1. The number of urea groups is 1. The van der Waals surface area contributed by atoms with Crippen molar-refractivity contribution in [2.75, 3.05) is 18.4 Å². The maximum Gasteiger partial charge on any atom is 0.319 e. The zero-order chi connectivity index (χ0) is 12.8. The van der Waals surface area contributed by atoms with Crippen molar-refractivity contribution in [1.82, 2.24) is 10.6 Å². The molecule has 1 aliphatic heterocycles. The molecule has 94 valence electrons. The molecule has 1 aromatic carbocycles. The van der Waals surface area contributed by atoms with Crippen molar-refractivity contribution in [1.29, 1.82) is 5.26 Å². The summed E-state index contributed by atoms with van der Waals surface area (Å²) in [5.74, 6) is 0. The average Bonchev–Trinajstić information content (AvgIpc) is 2.40. The van der Waals surface area contributed by atoms with Gasteiger partial charge in [-0.05, 0) is 37.6 Å². The van der Waals surface area contributed by atoms with Gasteiger partial charge >= 0.3 is 6.03 Å². The van der Waals surface area contributed by atoms with Crippen LogP contribution in [-0.2, 0) is 0 Å². The van der Waals surface area contributed by atoms with Gasteiger partial charge in [0.15, 0.2) is 0 Å². The van der Waals surface area contributed by atoms with Crippen LogP contribution in [0.3, 0.4) is 0 Å². The van der Waals surface area contributed by atoms with Crippen LogP contribution in [0.25, 0.3) is 0 Å². The van der Waals surface area contributed by atoms with Crippen LogP contribution >= 0.6 is 0 Å². The quantitative estimate of drug-likeness (QED) is 0.736. The number of hydrogen-bond acceptors (Lipinski definition) is 3. The molecule has 0 radical (unpaired) electrons. The van der Waals surface area contributed by atoms with Gasteiger partial charge in [0.25, 0.3) is 0 Å². The molecule has 0 unspecified atom stereocenters. The van der Waals surface area contributed by atoms with E-state index in [0.29, 0.717) is 11.3 Å². The molecule has 1 fully saturated rings. The Morgan fingerprint density at radius 3 is 3.11 bits per heavy atom. The molecule has 2 rings (SSSR count). The Morgan fingerprint density at radius 2 is 2.39 bits per heavy atom. The van der Waals surface area contributed by atoms with E-state index in [4.69, 9.17) is 5.26 Å². The number of benzene rings is 1. The lowest BCUT2D eigenvalue weighted by atomic mass is 10.1. The molecule has 3 N–H and O–H groups in total. The normalized spacial score (nSPS) is 18.7. The van der Waals surface area contributed by atoms with Crippen LogP contribution in [0.15, 0.2) is 24.3 Å². The highest BCUT2D eigenvalue weighted by Gasteiger charge is 2.15. The van der Waals surface area contributed by atoms with Gasteiger partial charge in [-0.15, -0.1) is 0 Å². The van der Waals surface area contributed by atoms with Crippen LogP contribution in [0.4, 0.5) is 10.5 Å². The number of nitriles is 1. The summed E-state index contributed by atoms with van der Waals surface area (Å²) in [4.78, 5) is 11.7. The molecule has 0 spiro atoms. The smallest absolute Gasteiger partial charge is 0.319 e. The van der Waals surface area contributed by atoms with Crippen LogP contribution in [0.2, 0.25) is 0 Å². The van der Waals surface area contributed by atoms with E-state index in [-0.39, 0.29) is 12.1 Å². The zero-order valence-corrected chi connectivity index (χ0v) is 10.1. The second-order valence-electron chi connectivity index (χ2n) is 4.33. The van der Waals surface area contributed by atoms with Gasteiger partial charge < -0.3 is 16.0 Å². The lowest BCUT2D eigenvalue weighted by Gasteiger charge is -2.23. The number of anilines is 1. The van der Waals surface area contributed by atoms with Gasteiger partial charge in [0.1, 0.15) is 0 Å². The summed E-state index contributed by atoms with van der Waals surface area (Å²) >= 11 is 0. The molecule has 0 bridgehead atoms. The molecule has 1 heterocycles. The van der Waals surface area contributed by atoms with Gasteiger partial charge in [0.05, 0.1) is 11.6 Å². The maximum absolute atomic E-state index is 11.7. The molecule has 5 heteroatoms. The van der Waals surface area contributed by atoms with Gasteiger partial charge in [-0.1, -0.05) is 6.07 Å². The fourth-order valence-corrected chi connectivity index (χ4v) is 1.99. The predicted octanol–water partition coefficient (Wildman–Crippen LogP) is 1.43. The molecule has 1 aromatic rings. The van der Waals surface area contributed by atoms with E-state index in [1.54, 1.807) is 24.3 Å². The van der Waals surface area contributed by atoms with Crippen molar-refractivity contribution in [3.05, 3.63) is 29.8 Å². The molecule has 0 aliphatic carbocycles. The molecular weight excluding hydrogens is 228 g/mol. The minimum atomic E-state index is -0.223. The number of rotatable bonds is 2. The first kappa shape index (κ1) is 12.4. The third kappa shape index (κ3) is 3.47. The van der Waals surface area contributed by atoms with Crippen molar-refractivity contribution in [3.63, 3.8) is 0 Å². The summed E-state index contributed by atoms with van der Waals surface area (Å²) < 4.78 is 0. The van der Waals surface area contributed by atoms with Gasteiger partial charge in [0.2, 0.25) is 0 Å². The van der Waals surface area contributed by atoms with Gasteiger partial charge in [-0.25, -0.2) is 4.79 Å². The standard InChI is InChI=1S/C13H16N4O/c14-8-10-3-1-4-11(7-10)16-13(18)17-12-5-2-6-15-9-12/h1,3-4,7,12,15H,2,5-6,9H2,(H2,16,17,18)/t12-/m1/s1. The summed E-state index contributed by atoms with van der Waals surface area (Å²) in [5.41, 5.74) is 1.17. The second-order valence-corrected chi connectivity index (χ2v) is 4.33. The summed E-state index contributed by atoms with van der Waals surface area (Å²) in [5, 5.41) is 17.7. The fraction of sp³-hybridized carbons (Fsp3) is 0.385. The first-order valence-corrected chi connectivity index (χ1v) is 6.06. The number of carbonyl (C=O) groups excluding carboxylic acids is 1. The van der Waals surface area contributed by atoms with Crippen LogP contribution in [0.1, 0.15) is 18.4 Å². The topological polar surface area (TPSA) is 77.0 Å². The van der Waals surface area contributed by atoms with E-state index in [1.807, 2.05) is 6.07 Å². The molecule has 0 aromatic heterocycles. The lowest BCUT2D eigenvalue weighted by molar-refractivity contribution is 0.245. The summed E-state index contributed by atoms with van der Waals surface area (Å²) in [6.07, 6.45) is 2.08. The Labute approximate surface area is 106 Å². The zero-order valence-electron chi connectivity index (χ0n) is 10.1. The molecule has 18 heavy (non-hydrogen) atoms. The number of nitrogens with zero attached hydrogens (tertiary/aromatic N) is 1. The molecule has 1 atom stereocenters. The monoisotopic (exact) mass is 244 g/mol. The van der Waals surface area contributed by atoms with Crippen molar-refractivity contribution in [2.45, 2.75) is 18.9 Å². The van der Waals surface area contributed by atoms with Crippen molar-refractivity contribution in [3.8, 4) is 6.07 Å². The minimum Gasteiger partial charge on any atom is -0.334 e. The molecular formula is C13H16N4O. The van der Waals surface area contributed by atoms with Crippen LogP contribution in [0.5, 0.6) is 0 Å². The predicted molar refractivity (Wildman–Crippen MR) is 69.2 cm³/mol. The molecule has 1 saturated heterocycles. The average molecular weight is 244 g/mol. The van der Waals surface area contributed by atoms with Crippen molar-refractivity contribution >= 4 is 11.7 Å². The highest BCUT2D eigenvalue weighted by Crippen LogP contribution is 2.09. The highest BCUT2D eigenvalue weighted by molar-refractivity contribution is 5.89. The minimum absolute atomic E-state index is 0.179. The molecule has 1 aliphatic rings. The first-order chi connectivity index (χ1) is 8.78. The van der Waals surface area contributed by atoms with E-state index in [1.165, 1.54) is 0 Å². The van der Waals surface area contributed by atoms with Crippen LogP contribution < -0.4 is 16.0 Å². The number of carbonyl (C=O) groups is 1. The Hall–Kier alpha value is -2.06. The van der Waals surface area contributed by atoms with Crippen LogP contribution in [-0.4, -0.2) is 25.2 Å². The summed E-state index contributed by atoms with van der Waals surface area (Å²) in [6.45, 7) is 1.83. The van der Waals surface area contributed by atoms with E-state index >= 15 is 0 Å². The van der Waals surface area contributed by atoms with E-state index < -0.39 is 0 Å². The Balaban J connectivity index is 1.88. The maximum atomic E-state index is 11.7. The number of amides is 2. The van der Waals surface area contributed by atoms with Crippen molar-refractivity contribution in [2.24, 2.45) is 0 Å². The third-order valence-corrected chi connectivity index (χ3v) is 2.88. The fourth-order valence-electron chi connectivity index (χ4n) is 1.99. The summed E-state index contributed by atoms with van der Waals surface area (Å²) in [7, 11) is 0. The number of hydrogen-bond donors (Lipinski definition) is 3. The van der Waals surface area contributed by atoms with Gasteiger partial charge in [-0.3, -0.25) is 0 Å². The molecule has 2 amide bonds. The third-order valence-electron chi connectivity index (χ3n) is 2.88. The van der Waals surface area contributed by atoms with Crippen LogP contribution in [0, 0.1) is 11.3 Å². The summed E-state index contributed by atoms with van der Waals surface area (Å²) in [6, 6.07) is 8.86. The van der Waals surface area contributed by atoms with E-state index in [0.717, 1.165) is 25.9 Å². The van der Waals surface area contributed by atoms with E-state index in [9.17, 15) is 4.79 Å². The Morgan fingerprint density at radius 1 is 1.50 bits per heavy atom. The highest BCUT2D eigenvalue weighted by atomic mass is 16.2. The van der Waals surface area contributed by atoms with Gasteiger partial charge in [-0.2, -0.15) is 5.26 Å². The van der Waals surface area contributed by atoms with Crippen molar-refractivity contribution < 1.29 is 4.79 Å². The SMILES string of the molecule is N#Cc1cccc(NC(=O)N[C@@H]2CCCNC2)c1. The lowest BCUT2D eigenvalue weighted by Crippen LogP contribution is -2.47. The Bertz CT molecular complexity index is 460. The second kappa shape index (κ2) is 6.03. The molecule has 0 saturated carbocycles. The molecule has 5 nitrogen and oxygen atoms in total. The Kier molecular flexibility index (Phi) is 4.15. The first-order valence-electron chi connectivity index (χ1n) is 6.06. The largest absolute Gasteiger partial charge is 0.334 e. The number of nitrogens with one attached hydrogen (secondary N) is 3.